The summed E-state index contributed by atoms with van der Waals surface area (Å²) in [6, 6.07) is 2.16. The van der Waals surface area contributed by atoms with Crippen LogP contribution in [0, 0.1) is 5.82 Å². The number of amides is 3. The van der Waals surface area contributed by atoms with Crippen molar-refractivity contribution in [2.24, 2.45) is 0 Å². The molecule has 0 radical (unpaired) electrons. The van der Waals surface area contributed by atoms with Crippen molar-refractivity contribution < 1.29 is 27.5 Å². The van der Waals surface area contributed by atoms with E-state index in [4.69, 9.17) is 0 Å². The van der Waals surface area contributed by atoms with Gasteiger partial charge in [-0.05, 0) is 18.2 Å². The smallest absolute Gasteiger partial charge is 0.387 e. The van der Waals surface area contributed by atoms with Gasteiger partial charge in [0.1, 0.15) is 11.6 Å². The fraction of sp³-hybridized carbons (Fsp3) is 0.429. The van der Waals surface area contributed by atoms with Gasteiger partial charge >= 0.3 is 12.6 Å². The molecule has 3 amide bonds. The molecule has 1 fully saturated rings. The zero-order valence-electron chi connectivity index (χ0n) is 12.3. The fourth-order valence-corrected chi connectivity index (χ4v) is 2.27. The summed E-state index contributed by atoms with van der Waals surface area (Å²) >= 11 is 0. The van der Waals surface area contributed by atoms with Gasteiger partial charge in [0.05, 0.1) is 6.04 Å². The van der Waals surface area contributed by atoms with E-state index >= 15 is 0 Å². The molecule has 1 aromatic rings. The van der Waals surface area contributed by atoms with Crippen molar-refractivity contribution in [3.8, 4) is 5.75 Å². The Hall–Kier alpha value is -2.45. The van der Waals surface area contributed by atoms with Gasteiger partial charge in [-0.25, -0.2) is 9.18 Å². The van der Waals surface area contributed by atoms with E-state index in [-0.39, 0.29) is 36.2 Å². The van der Waals surface area contributed by atoms with Crippen LogP contribution in [-0.4, -0.2) is 43.1 Å². The van der Waals surface area contributed by atoms with E-state index < -0.39 is 18.5 Å². The monoisotopic (exact) mass is 331 g/mol. The summed E-state index contributed by atoms with van der Waals surface area (Å²) < 4.78 is 42.1. The maximum absolute atomic E-state index is 13.2. The van der Waals surface area contributed by atoms with Crippen molar-refractivity contribution in [2.75, 3.05) is 13.6 Å². The first-order valence-electron chi connectivity index (χ1n) is 6.86. The summed E-state index contributed by atoms with van der Waals surface area (Å²) in [6.07, 6.45) is 0.198. The first kappa shape index (κ1) is 16.9. The van der Waals surface area contributed by atoms with Crippen LogP contribution in [0.15, 0.2) is 18.2 Å². The molecule has 1 aliphatic rings. The molecule has 126 valence electrons. The molecule has 1 atom stereocenters. The molecular formula is C14H16F3N3O3. The number of carbonyl (C=O) groups excluding carboxylic acids is 2. The predicted octanol–water partition coefficient (Wildman–Crippen LogP) is 1.46. The molecule has 1 aromatic carbocycles. The largest absolute Gasteiger partial charge is 0.434 e. The lowest BCUT2D eigenvalue weighted by atomic mass is 10.2. The maximum atomic E-state index is 13.2. The van der Waals surface area contributed by atoms with Crippen LogP contribution in [0.5, 0.6) is 5.75 Å². The summed E-state index contributed by atoms with van der Waals surface area (Å²) in [7, 11) is 1.63. The fourth-order valence-electron chi connectivity index (χ4n) is 2.27. The average molecular weight is 331 g/mol. The molecule has 0 unspecified atom stereocenters. The molecule has 6 nitrogen and oxygen atoms in total. The van der Waals surface area contributed by atoms with E-state index in [0.717, 1.165) is 18.2 Å². The number of alkyl halides is 2. The van der Waals surface area contributed by atoms with Crippen molar-refractivity contribution in [1.29, 1.82) is 0 Å². The number of hydrogen-bond acceptors (Lipinski definition) is 3. The lowest BCUT2D eigenvalue weighted by molar-refractivity contribution is -0.126. The molecule has 23 heavy (non-hydrogen) atoms. The summed E-state index contributed by atoms with van der Waals surface area (Å²) in [5, 5.41) is 5.01. The molecule has 0 bridgehead atoms. The Balaban J connectivity index is 1.91. The topological polar surface area (TPSA) is 70.7 Å². The summed E-state index contributed by atoms with van der Waals surface area (Å²) in [5.41, 5.74) is 0.0834. The van der Waals surface area contributed by atoms with Crippen molar-refractivity contribution in [2.45, 2.75) is 25.6 Å². The Bertz CT molecular complexity index is 598. The molecule has 2 N–H and O–H groups in total. The first-order valence-corrected chi connectivity index (χ1v) is 6.86. The molecule has 0 aromatic heterocycles. The van der Waals surface area contributed by atoms with E-state index in [2.05, 4.69) is 15.4 Å². The number of likely N-dealkylation sites (N-methyl/N-ethyl adjacent to an activating group) is 1. The third-order valence-corrected chi connectivity index (χ3v) is 3.35. The predicted molar refractivity (Wildman–Crippen MR) is 74.4 cm³/mol. The van der Waals surface area contributed by atoms with Crippen molar-refractivity contribution >= 4 is 11.9 Å². The van der Waals surface area contributed by atoms with Crippen LogP contribution in [0.1, 0.15) is 12.0 Å². The quantitative estimate of drug-likeness (QED) is 0.858. The van der Waals surface area contributed by atoms with Crippen LogP contribution in [0.4, 0.5) is 18.0 Å². The standard InChI is InChI=1S/C14H16F3N3O3/c1-20-7-10(5-12(20)21)19-14(22)18-6-8-4-9(15)2-3-11(8)23-13(16)17/h2-4,10,13H,5-7H2,1H3,(H2,18,19,22)/t10-/m0/s1. The van der Waals surface area contributed by atoms with Gasteiger partial charge in [-0.3, -0.25) is 4.79 Å². The van der Waals surface area contributed by atoms with Gasteiger partial charge in [0.15, 0.2) is 0 Å². The number of benzene rings is 1. The summed E-state index contributed by atoms with van der Waals surface area (Å²) in [4.78, 5) is 24.6. The Morgan fingerprint density at radius 1 is 1.48 bits per heavy atom. The first-order chi connectivity index (χ1) is 10.8. The van der Waals surface area contributed by atoms with Crippen LogP contribution >= 0.6 is 0 Å². The number of likely N-dealkylation sites (tertiary alicyclic amines) is 1. The van der Waals surface area contributed by atoms with Gasteiger partial charge < -0.3 is 20.3 Å². The van der Waals surface area contributed by atoms with Crippen LogP contribution in [-0.2, 0) is 11.3 Å². The minimum Gasteiger partial charge on any atom is -0.434 e. The number of hydrogen-bond donors (Lipinski definition) is 2. The molecule has 2 rings (SSSR count). The van der Waals surface area contributed by atoms with E-state index in [1.807, 2.05) is 0 Å². The van der Waals surface area contributed by atoms with E-state index in [1.165, 1.54) is 4.90 Å². The van der Waals surface area contributed by atoms with E-state index in [1.54, 1.807) is 7.05 Å². The average Bonchev–Trinajstić information content (AvgIpc) is 2.77. The van der Waals surface area contributed by atoms with Gasteiger partial charge in [-0.1, -0.05) is 0 Å². The Labute approximate surface area is 130 Å². The third kappa shape index (κ3) is 4.76. The van der Waals surface area contributed by atoms with E-state index in [9.17, 15) is 22.8 Å². The van der Waals surface area contributed by atoms with Crippen LogP contribution in [0.3, 0.4) is 0 Å². The Morgan fingerprint density at radius 2 is 2.22 bits per heavy atom. The van der Waals surface area contributed by atoms with Gasteiger partial charge in [0.25, 0.3) is 0 Å². The summed E-state index contributed by atoms with van der Waals surface area (Å²) in [5.74, 6) is -0.919. The molecule has 0 spiro atoms. The molecule has 9 heteroatoms. The number of ether oxygens (including phenoxy) is 1. The molecule has 0 saturated carbocycles. The Morgan fingerprint density at radius 3 is 2.83 bits per heavy atom. The van der Waals surface area contributed by atoms with Crippen molar-refractivity contribution in [3.63, 3.8) is 0 Å². The van der Waals surface area contributed by atoms with Crippen molar-refractivity contribution in [3.05, 3.63) is 29.6 Å². The second kappa shape index (κ2) is 7.21. The molecule has 0 aliphatic carbocycles. The van der Waals surface area contributed by atoms with Gasteiger partial charge in [0.2, 0.25) is 5.91 Å². The van der Waals surface area contributed by atoms with Crippen LogP contribution in [0.25, 0.3) is 0 Å². The van der Waals surface area contributed by atoms with Gasteiger partial charge in [-0.15, -0.1) is 0 Å². The Kier molecular flexibility index (Phi) is 5.30. The number of halogens is 3. The highest BCUT2D eigenvalue weighted by molar-refractivity contribution is 5.81. The molecule has 1 heterocycles. The highest BCUT2D eigenvalue weighted by Gasteiger charge is 2.27. The molecule has 1 aliphatic heterocycles. The lowest BCUT2D eigenvalue weighted by Crippen LogP contribution is -2.42. The van der Waals surface area contributed by atoms with Crippen molar-refractivity contribution in [1.82, 2.24) is 15.5 Å². The zero-order chi connectivity index (χ0) is 17.0. The SMILES string of the molecule is CN1C[C@@H](NC(=O)NCc2cc(F)ccc2OC(F)F)CC1=O. The second-order valence-electron chi connectivity index (χ2n) is 5.13. The van der Waals surface area contributed by atoms with Crippen LogP contribution in [0.2, 0.25) is 0 Å². The number of carbonyl (C=O) groups is 2. The molecular weight excluding hydrogens is 315 g/mol. The second-order valence-corrected chi connectivity index (χ2v) is 5.13. The highest BCUT2D eigenvalue weighted by Crippen LogP contribution is 2.21. The minimum absolute atomic E-state index is 0.0759. The normalized spacial score (nSPS) is 17.5. The number of nitrogens with zero attached hydrogens (tertiary/aromatic N) is 1. The lowest BCUT2D eigenvalue weighted by Gasteiger charge is -2.15. The zero-order valence-corrected chi connectivity index (χ0v) is 12.3. The third-order valence-electron chi connectivity index (χ3n) is 3.35. The number of nitrogens with one attached hydrogen (secondary N) is 2. The molecule has 1 saturated heterocycles. The highest BCUT2D eigenvalue weighted by atomic mass is 19.3. The maximum Gasteiger partial charge on any atom is 0.387 e. The minimum atomic E-state index is -3.05. The van der Waals surface area contributed by atoms with Gasteiger partial charge in [-0.2, -0.15) is 8.78 Å². The number of urea groups is 1. The summed E-state index contributed by atoms with van der Waals surface area (Å²) in [6.45, 7) is -2.85. The van der Waals surface area contributed by atoms with Gasteiger partial charge in [0, 0.05) is 32.1 Å². The number of rotatable bonds is 5. The van der Waals surface area contributed by atoms with Crippen LogP contribution < -0.4 is 15.4 Å². The van der Waals surface area contributed by atoms with E-state index in [0.29, 0.717) is 6.54 Å².